The lowest BCUT2D eigenvalue weighted by Gasteiger charge is -2.11. The second kappa shape index (κ2) is 9.46. The van der Waals surface area contributed by atoms with E-state index in [-0.39, 0.29) is 5.91 Å². The minimum Gasteiger partial charge on any atom is -0.493 e. The van der Waals surface area contributed by atoms with Gasteiger partial charge in [0.2, 0.25) is 0 Å². The second-order valence-corrected chi connectivity index (χ2v) is 5.44. The maximum absolute atomic E-state index is 12.0. The molecule has 0 saturated carbocycles. The number of aromatic nitrogens is 2. The van der Waals surface area contributed by atoms with Crippen LogP contribution >= 0.6 is 0 Å². The first kappa shape index (κ1) is 18.5. The average molecular weight is 344 g/mol. The van der Waals surface area contributed by atoms with Crippen LogP contribution in [0.1, 0.15) is 35.8 Å². The van der Waals surface area contributed by atoms with Crippen LogP contribution in [0.4, 0.5) is 5.82 Å². The highest BCUT2D eigenvalue weighted by atomic mass is 16.5. The second-order valence-electron chi connectivity index (χ2n) is 5.44. The quantitative estimate of drug-likeness (QED) is 0.680. The van der Waals surface area contributed by atoms with Crippen LogP contribution in [0.2, 0.25) is 0 Å². The number of carbonyl (C=O) groups excluding carboxylic acids is 1. The van der Waals surface area contributed by atoms with Crippen LogP contribution in [0.5, 0.6) is 11.5 Å². The smallest absolute Gasteiger partial charge is 0.270 e. The van der Waals surface area contributed by atoms with Crippen molar-refractivity contribution < 1.29 is 14.3 Å². The van der Waals surface area contributed by atoms with Crippen molar-refractivity contribution in [1.82, 2.24) is 15.3 Å². The van der Waals surface area contributed by atoms with Crippen molar-refractivity contribution in [2.24, 2.45) is 0 Å². The molecule has 0 fully saturated rings. The fourth-order valence-corrected chi connectivity index (χ4v) is 2.23. The van der Waals surface area contributed by atoms with E-state index in [0.717, 1.165) is 18.4 Å². The molecule has 0 atom stereocenters. The molecule has 2 N–H and O–H groups in total. The van der Waals surface area contributed by atoms with Gasteiger partial charge in [-0.1, -0.05) is 19.4 Å². The van der Waals surface area contributed by atoms with Crippen LogP contribution in [0.3, 0.4) is 0 Å². The first-order chi connectivity index (χ1) is 12.2. The van der Waals surface area contributed by atoms with Gasteiger partial charge in [-0.2, -0.15) is 0 Å². The van der Waals surface area contributed by atoms with Gasteiger partial charge in [0.25, 0.3) is 5.91 Å². The highest BCUT2D eigenvalue weighted by molar-refractivity contribution is 5.92. The zero-order valence-electron chi connectivity index (χ0n) is 14.8. The Morgan fingerprint density at radius 2 is 1.92 bits per heavy atom. The number of methoxy groups -OCH3 is 2. The highest BCUT2D eigenvalue weighted by Crippen LogP contribution is 2.27. The summed E-state index contributed by atoms with van der Waals surface area (Å²) in [5.74, 6) is 1.75. The topological polar surface area (TPSA) is 85.4 Å². The molecule has 0 radical (unpaired) electrons. The zero-order chi connectivity index (χ0) is 18.1. The van der Waals surface area contributed by atoms with E-state index in [1.165, 1.54) is 6.33 Å². The zero-order valence-corrected chi connectivity index (χ0v) is 14.8. The summed E-state index contributed by atoms with van der Waals surface area (Å²) in [5.41, 5.74) is 1.35. The monoisotopic (exact) mass is 344 g/mol. The summed E-state index contributed by atoms with van der Waals surface area (Å²) in [6.07, 6.45) is 3.36. The van der Waals surface area contributed by atoms with Crippen LogP contribution in [-0.2, 0) is 6.54 Å². The molecule has 7 nitrogen and oxygen atoms in total. The molecule has 2 rings (SSSR count). The number of hydrogen-bond donors (Lipinski definition) is 2. The predicted molar refractivity (Wildman–Crippen MR) is 96.1 cm³/mol. The Hall–Kier alpha value is -2.83. The number of nitrogens with zero attached hydrogens (tertiary/aromatic N) is 2. The molecule has 0 unspecified atom stereocenters. The Kier molecular flexibility index (Phi) is 7.00. The van der Waals surface area contributed by atoms with Crippen molar-refractivity contribution in [3.8, 4) is 11.5 Å². The normalized spacial score (nSPS) is 10.2. The lowest BCUT2D eigenvalue weighted by molar-refractivity contribution is 0.0948. The van der Waals surface area contributed by atoms with Crippen LogP contribution < -0.4 is 20.1 Å². The summed E-state index contributed by atoms with van der Waals surface area (Å²) < 4.78 is 10.5. The maximum atomic E-state index is 12.0. The Labute approximate surface area is 147 Å². The van der Waals surface area contributed by atoms with E-state index in [0.29, 0.717) is 36.1 Å². The number of benzene rings is 1. The van der Waals surface area contributed by atoms with Gasteiger partial charge in [-0.3, -0.25) is 4.79 Å². The summed E-state index contributed by atoms with van der Waals surface area (Å²) >= 11 is 0. The van der Waals surface area contributed by atoms with E-state index in [2.05, 4.69) is 27.5 Å². The van der Waals surface area contributed by atoms with Crippen molar-refractivity contribution in [1.29, 1.82) is 0 Å². The van der Waals surface area contributed by atoms with E-state index >= 15 is 0 Å². The van der Waals surface area contributed by atoms with Crippen LogP contribution in [0.25, 0.3) is 0 Å². The highest BCUT2D eigenvalue weighted by Gasteiger charge is 2.09. The summed E-state index contributed by atoms with van der Waals surface area (Å²) in [4.78, 5) is 20.2. The Bertz CT molecular complexity index is 706. The number of anilines is 1. The van der Waals surface area contributed by atoms with E-state index in [4.69, 9.17) is 9.47 Å². The molecule has 0 aliphatic carbocycles. The number of rotatable bonds is 9. The number of nitrogens with one attached hydrogen (secondary N) is 2. The van der Waals surface area contributed by atoms with Gasteiger partial charge in [0, 0.05) is 19.2 Å². The molecule has 1 heterocycles. The standard InChI is InChI=1S/C18H24N4O3/c1-4-5-8-19-18(23)14-10-17(22-12-21-14)20-11-13-6-7-15(24-2)16(9-13)25-3/h6-7,9-10,12H,4-5,8,11H2,1-3H3,(H,19,23)(H,20,21,22). The van der Waals surface area contributed by atoms with E-state index < -0.39 is 0 Å². The molecule has 0 aliphatic rings. The third-order valence-corrected chi connectivity index (χ3v) is 3.64. The first-order valence-corrected chi connectivity index (χ1v) is 8.23. The minimum absolute atomic E-state index is 0.190. The molecule has 7 heteroatoms. The van der Waals surface area contributed by atoms with Gasteiger partial charge >= 0.3 is 0 Å². The molecule has 0 saturated heterocycles. The number of carbonyl (C=O) groups is 1. The SMILES string of the molecule is CCCCNC(=O)c1cc(NCc2ccc(OC)c(OC)c2)ncn1. The fraction of sp³-hybridized carbons (Fsp3) is 0.389. The van der Waals surface area contributed by atoms with Gasteiger partial charge in [-0.15, -0.1) is 0 Å². The Morgan fingerprint density at radius 3 is 2.64 bits per heavy atom. The van der Waals surface area contributed by atoms with Gasteiger partial charge in [0.05, 0.1) is 14.2 Å². The molecule has 134 valence electrons. The molecule has 25 heavy (non-hydrogen) atoms. The van der Waals surface area contributed by atoms with Gasteiger partial charge in [0.15, 0.2) is 11.5 Å². The molecular formula is C18H24N4O3. The third-order valence-electron chi connectivity index (χ3n) is 3.64. The summed E-state index contributed by atoms with van der Waals surface area (Å²) in [5, 5.41) is 6.03. The number of unbranched alkanes of at least 4 members (excludes halogenated alkanes) is 1. The lowest BCUT2D eigenvalue weighted by atomic mass is 10.2. The van der Waals surface area contributed by atoms with Crippen molar-refractivity contribution in [2.75, 3.05) is 26.1 Å². The van der Waals surface area contributed by atoms with E-state index in [9.17, 15) is 4.79 Å². The molecule has 1 aromatic carbocycles. The Morgan fingerprint density at radius 1 is 1.12 bits per heavy atom. The van der Waals surface area contributed by atoms with Gasteiger partial charge in [-0.25, -0.2) is 9.97 Å². The molecule has 1 amide bonds. The van der Waals surface area contributed by atoms with Crippen LogP contribution in [-0.4, -0.2) is 36.6 Å². The number of ether oxygens (including phenoxy) is 2. The fourth-order valence-electron chi connectivity index (χ4n) is 2.23. The summed E-state index contributed by atoms with van der Waals surface area (Å²) in [7, 11) is 3.20. The van der Waals surface area contributed by atoms with E-state index in [1.54, 1.807) is 20.3 Å². The Balaban J connectivity index is 1.99. The minimum atomic E-state index is -0.190. The largest absolute Gasteiger partial charge is 0.493 e. The predicted octanol–water partition coefficient (Wildman–Crippen LogP) is 2.64. The van der Waals surface area contributed by atoms with Gasteiger partial charge in [0.1, 0.15) is 17.8 Å². The molecule has 0 aliphatic heterocycles. The molecule has 2 aromatic rings. The molecule has 0 bridgehead atoms. The maximum Gasteiger partial charge on any atom is 0.270 e. The first-order valence-electron chi connectivity index (χ1n) is 8.23. The van der Waals surface area contributed by atoms with Crippen molar-refractivity contribution in [2.45, 2.75) is 26.3 Å². The summed E-state index contributed by atoms with van der Waals surface area (Å²) in [6.45, 7) is 3.26. The number of amides is 1. The van der Waals surface area contributed by atoms with Crippen molar-refractivity contribution in [3.63, 3.8) is 0 Å². The lowest BCUT2D eigenvalue weighted by Crippen LogP contribution is -2.25. The third kappa shape index (κ3) is 5.34. The van der Waals surface area contributed by atoms with Crippen LogP contribution in [0.15, 0.2) is 30.6 Å². The molecular weight excluding hydrogens is 320 g/mol. The van der Waals surface area contributed by atoms with Crippen LogP contribution in [0, 0.1) is 0 Å². The van der Waals surface area contributed by atoms with Crippen molar-refractivity contribution >= 4 is 11.7 Å². The van der Waals surface area contributed by atoms with Crippen molar-refractivity contribution in [3.05, 3.63) is 41.9 Å². The van der Waals surface area contributed by atoms with Gasteiger partial charge in [-0.05, 0) is 24.1 Å². The summed E-state index contributed by atoms with van der Waals surface area (Å²) in [6, 6.07) is 7.32. The molecule has 1 aromatic heterocycles. The average Bonchev–Trinajstić information content (AvgIpc) is 2.66. The number of hydrogen-bond acceptors (Lipinski definition) is 6. The van der Waals surface area contributed by atoms with E-state index in [1.807, 2.05) is 18.2 Å². The van der Waals surface area contributed by atoms with Gasteiger partial charge < -0.3 is 20.1 Å². The molecule has 0 spiro atoms.